The van der Waals surface area contributed by atoms with Crippen molar-refractivity contribution in [2.45, 2.75) is 19.8 Å². The van der Waals surface area contributed by atoms with Crippen molar-refractivity contribution in [1.29, 1.82) is 0 Å². The van der Waals surface area contributed by atoms with E-state index in [1.165, 1.54) is 12.1 Å². The Hall–Kier alpha value is -0.930. The molecular formula is C14H17ClFNO. The summed E-state index contributed by atoms with van der Waals surface area (Å²) in [6.07, 6.45) is 1.17. The molecule has 4 heteroatoms. The number of ketones is 1. The van der Waals surface area contributed by atoms with Gasteiger partial charge in [0, 0.05) is 17.4 Å². The van der Waals surface area contributed by atoms with Crippen molar-refractivity contribution in [1.82, 2.24) is 5.32 Å². The first kappa shape index (κ1) is 13.5. The van der Waals surface area contributed by atoms with E-state index in [0.29, 0.717) is 22.9 Å². The summed E-state index contributed by atoms with van der Waals surface area (Å²) >= 11 is 5.94. The number of benzene rings is 1. The van der Waals surface area contributed by atoms with E-state index >= 15 is 0 Å². The summed E-state index contributed by atoms with van der Waals surface area (Å²) in [4.78, 5) is 12.2. The molecule has 1 aromatic carbocycles. The molecular weight excluding hydrogens is 253 g/mol. The van der Waals surface area contributed by atoms with Crippen molar-refractivity contribution in [2.24, 2.45) is 11.8 Å². The van der Waals surface area contributed by atoms with E-state index in [9.17, 15) is 9.18 Å². The highest BCUT2D eigenvalue weighted by Crippen LogP contribution is 2.24. The summed E-state index contributed by atoms with van der Waals surface area (Å²) in [5, 5.41) is 3.61. The van der Waals surface area contributed by atoms with Crippen LogP contribution in [0.25, 0.3) is 0 Å². The summed E-state index contributed by atoms with van der Waals surface area (Å²) in [7, 11) is 0. The van der Waals surface area contributed by atoms with Crippen LogP contribution in [0.4, 0.5) is 4.39 Å². The minimum absolute atomic E-state index is 0.0902. The van der Waals surface area contributed by atoms with Gasteiger partial charge in [0.15, 0.2) is 0 Å². The van der Waals surface area contributed by atoms with Gasteiger partial charge in [-0.05, 0) is 43.1 Å². The fourth-order valence-corrected chi connectivity index (χ4v) is 2.71. The van der Waals surface area contributed by atoms with Gasteiger partial charge in [-0.1, -0.05) is 24.6 Å². The van der Waals surface area contributed by atoms with E-state index in [0.717, 1.165) is 19.5 Å². The Balaban J connectivity index is 2.06. The van der Waals surface area contributed by atoms with Crippen molar-refractivity contribution in [3.63, 3.8) is 0 Å². The molecule has 0 amide bonds. The van der Waals surface area contributed by atoms with E-state index in [2.05, 4.69) is 12.2 Å². The molecule has 0 spiro atoms. The third-order valence-electron chi connectivity index (χ3n) is 3.58. The standard InChI is InChI=1S/C14H17ClFNO/c1-9-8-17-5-4-12(9)14(18)6-10-2-3-11(16)7-13(10)15/h2-3,7,9,12,17H,4-6,8H2,1H3. The largest absolute Gasteiger partial charge is 0.316 e. The second kappa shape index (κ2) is 5.81. The number of carbonyl (C=O) groups excluding carboxylic acids is 1. The number of piperidine rings is 1. The van der Waals surface area contributed by atoms with E-state index in [-0.39, 0.29) is 17.5 Å². The average molecular weight is 270 g/mol. The normalized spacial score (nSPS) is 23.9. The Morgan fingerprint density at radius 3 is 3.00 bits per heavy atom. The Morgan fingerprint density at radius 2 is 2.33 bits per heavy atom. The first-order valence-corrected chi connectivity index (χ1v) is 6.63. The van der Waals surface area contributed by atoms with Gasteiger partial charge in [0.1, 0.15) is 11.6 Å². The summed E-state index contributed by atoms with van der Waals surface area (Å²) in [5.74, 6) is 0.279. The number of carbonyl (C=O) groups is 1. The zero-order valence-corrected chi connectivity index (χ0v) is 11.1. The van der Waals surface area contributed by atoms with Gasteiger partial charge in [-0.2, -0.15) is 0 Å². The number of halogens is 2. The molecule has 1 heterocycles. The third-order valence-corrected chi connectivity index (χ3v) is 3.93. The maximum absolute atomic E-state index is 12.9. The smallest absolute Gasteiger partial charge is 0.140 e. The van der Waals surface area contributed by atoms with E-state index in [1.54, 1.807) is 6.07 Å². The van der Waals surface area contributed by atoms with Crippen molar-refractivity contribution in [2.75, 3.05) is 13.1 Å². The predicted octanol–water partition coefficient (Wildman–Crippen LogP) is 2.84. The van der Waals surface area contributed by atoms with Gasteiger partial charge < -0.3 is 5.32 Å². The van der Waals surface area contributed by atoms with Crippen LogP contribution in [0, 0.1) is 17.7 Å². The number of hydrogen-bond donors (Lipinski definition) is 1. The van der Waals surface area contributed by atoms with Crippen molar-refractivity contribution < 1.29 is 9.18 Å². The SMILES string of the molecule is CC1CNCCC1C(=O)Cc1ccc(F)cc1Cl. The number of hydrogen-bond acceptors (Lipinski definition) is 2. The van der Waals surface area contributed by atoms with Crippen molar-refractivity contribution in [3.05, 3.63) is 34.6 Å². The number of nitrogens with one attached hydrogen (secondary N) is 1. The van der Waals surface area contributed by atoms with Gasteiger partial charge in [0.2, 0.25) is 0 Å². The van der Waals surface area contributed by atoms with Gasteiger partial charge >= 0.3 is 0 Å². The highest BCUT2D eigenvalue weighted by molar-refractivity contribution is 6.31. The quantitative estimate of drug-likeness (QED) is 0.914. The summed E-state index contributed by atoms with van der Waals surface area (Å²) in [6, 6.07) is 4.21. The lowest BCUT2D eigenvalue weighted by atomic mass is 9.82. The van der Waals surface area contributed by atoms with Crippen molar-refractivity contribution in [3.8, 4) is 0 Å². The molecule has 2 unspecified atom stereocenters. The molecule has 0 bridgehead atoms. The lowest BCUT2D eigenvalue weighted by Gasteiger charge is -2.28. The average Bonchev–Trinajstić information content (AvgIpc) is 2.33. The van der Waals surface area contributed by atoms with Crippen LogP contribution in [-0.4, -0.2) is 18.9 Å². The Labute approximate surface area is 112 Å². The summed E-state index contributed by atoms with van der Waals surface area (Å²) in [6.45, 7) is 3.85. The van der Waals surface area contributed by atoms with Crippen LogP contribution in [0.3, 0.4) is 0 Å². The minimum Gasteiger partial charge on any atom is -0.316 e. The van der Waals surface area contributed by atoms with Gasteiger partial charge in [-0.3, -0.25) is 4.79 Å². The lowest BCUT2D eigenvalue weighted by Crippen LogP contribution is -2.39. The molecule has 0 saturated carbocycles. The van der Waals surface area contributed by atoms with Gasteiger partial charge in [0.25, 0.3) is 0 Å². The highest BCUT2D eigenvalue weighted by atomic mass is 35.5. The van der Waals surface area contributed by atoms with Gasteiger partial charge in [0.05, 0.1) is 0 Å². The molecule has 0 radical (unpaired) electrons. The molecule has 1 N–H and O–H groups in total. The molecule has 2 rings (SSSR count). The topological polar surface area (TPSA) is 29.1 Å². The summed E-state index contributed by atoms with van der Waals surface area (Å²) < 4.78 is 12.9. The molecule has 1 aliphatic heterocycles. The van der Waals surface area contributed by atoms with E-state index < -0.39 is 0 Å². The first-order valence-electron chi connectivity index (χ1n) is 6.25. The molecule has 2 nitrogen and oxygen atoms in total. The predicted molar refractivity (Wildman–Crippen MR) is 70.3 cm³/mol. The molecule has 2 atom stereocenters. The number of rotatable bonds is 3. The molecule has 98 valence electrons. The fourth-order valence-electron chi connectivity index (χ4n) is 2.48. The molecule has 1 saturated heterocycles. The van der Waals surface area contributed by atoms with Gasteiger partial charge in [-0.25, -0.2) is 4.39 Å². The second-order valence-electron chi connectivity index (χ2n) is 4.96. The molecule has 1 aromatic rings. The monoisotopic (exact) mass is 269 g/mol. The van der Waals surface area contributed by atoms with Crippen LogP contribution in [0.15, 0.2) is 18.2 Å². The van der Waals surface area contributed by atoms with E-state index in [1.807, 2.05) is 0 Å². The maximum Gasteiger partial charge on any atom is 0.140 e. The highest BCUT2D eigenvalue weighted by Gasteiger charge is 2.27. The first-order chi connectivity index (χ1) is 8.58. The Bertz CT molecular complexity index is 449. The third kappa shape index (κ3) is 3.09. The lowest BCUT2D eigenvalue weighted by molar-refractivity contribution is -0.124. The van der Waals surface area contributed by atoms with Crippen LogP contribution >= 0.6 is 11.6 Å². The Kier molecular flexibility index (Phi) is 4.36. The van der Waals surface area contributed by atoms with Crippen LogP contribution in [0.5, 0.6) is 0 Å². The minimum atomic E-state index is -0.369. The van der Waals surface area contributed by atoms with Crippen molar-refractivity contribution >= 4 is 17.4 Å². The Morgan fingerprint density at radius 1 is 1.56 bits per heavy atom. The second-order valence-corrected chi connectivity index (χ2v) is 5.36. The van der Waals surface area contributed by atoms with Crippen LogP contribution in [0.2, 0.25) is 5.02 Å². The van der Waals surface area contributed by atoms with Crippen LogP contribution < -0.4 is 5.32 Å². The fraction of sp³-hybridized carbons (Fsp3) is 0.500. The van der Waals surface area contributed by atoms with Gasteiger partial charge in [-0.15, -0.1) is 0 Å². The number of Topliss-reactive ketones (excluding diaryl/α,β-unsaturated/α-hetero) is 1. The zero-order chi connectivity index (χ0) is 13.1. The zero-order valence-electron chi connectivity index (χ0n) is 10.4. The molecule has 0 aliphatic carbocycles. The molecule has 18 heavy (non-hydrogen) atoms. The van der Waals surface area contributed by atoms with Crippen LogP contribution in [-0.2, 0) is 11.2 Å². The summed E-state index contributed by atoms with van der Waals surface area (Å²) in [5.41, 5.74) is 0.716. The molecule has 1 aliphatic rings. The molecule has 1 fully saturated rings. The van der Waals surface area contributed by atoms with Crippen LogP contribution in [0.1, 0.15) is 18.9 Å². The maximum atomic E-state index is 12.9. The molecule has 0 aromatic heterocycles. The van der Waals surface area contributed by atoms with E-state index in [4.69, 9.17) is 11.6 Å².